The van der Waals surface area contributed by atoms with Crippen LogP contribution in [-0.4, -0.2) is 13.7 Å². The molecular formula is C54H35N3. The van der Waals surface area contributed by atoms with E-state index >= 15 is 0 Å². The Labute approximate surface area is 371 Å². The molecule has 3 nitrogen and oxygen atoms in total. The van der Waals surface area contributed by atoms with Crippen LogP contribution in [-0.2, 0) is 0 Å². The van der Waals surface area contributed by atoms with Gasteiger partial charge in [-0.1, -0.05) is 145 Å². The van der Waals surface area contributed by atoms with E-state index in [1.165, 1.54) is 24.3 Å². The molecule has 0 saturated heterocycles. The van der Waals surface area contributed by atoms with E-state index < -0.39 is 253 Å². The van der Waals surface area contributed by atoms with Crippen LogP contribution in [0.2, 0.25) is 0 Å². The van der Waals surface area contributed by atoms with Crippen molar-refractivity contribution in [2.75, 3.05) is 0 Å². The molecule has 0 aliphatic heterocycles. The highest BCUT2D eigenvalue weighted by Crippen LogP contribution is 2.41. The van der Waals surface area contributed by atoms with E-state index in [-0.39, 0.29) is 33.1 Å². The summed E-state index contributed by atoms with van der Waals surface area (Å²) in [6.07, 6.45) is 0. The molecule has 0 aliphatic carbocycles. The standard InChI is InChI=1S/C54H35N3/c1-2-13-36(14-3-1)37-25-27-38(28-26-37)39-29-31-40(32-30-39)55-50-22-11-7-18-45(50)54-52(55)23-12-24-53(54)57-49-21-10-6-17-44(49)46-35-41(33-34-51(46)57)56-47-19-8-4-15-42(47)43-16-5-9-20-48(43)56/h1-35H/i1D,2D,3D,4D,5D,6D,7D,8D,9D,10D,11D,12D,13D,14D,15D,16D,17D,18D,19D,20D,21D,22D,23D,24D,25D,26D,27D,28D,34D,35D. The van der Waals surface area contributed by atoms with Crippen LogP contribution in [0.5, 0.6) is 0 Å². The first kappa shape index (κ1) is 14.1. The normalized spacial score (nSPS) is 19.2. The van der Waals surface area contributed by atoms with Gasteiger partial charge >= 0.3 is 0 Å². The molecule has 3 aromatic heterocycles. The van der Waals surface area contributed by atoms with Crippen molar-refractivity contribution >= 4 is 65.4 Å². The lowest BCUT2D eigenvalue weighted by Crippen LogP contribution is -1.97. The fourth-order valence-electron chi connectivity index (χ4n) is 7.28. The van der Waals surface area contributed by atoms with Crippen molar-refractivity contribution in [1.82, 2.24) is 13.7 Å². The lowest BCUT2D eigenvalue weighted by molar-refractivity contribution is 1.16. The molecular weight excluding hydrogens is 691 g/mol. The van der Waals surface area contributed by atoms with Crippen molar-refractivity contribution in [1.29, 1.82) is 0 Å². The minimum atomic E-state index is -0.894. The largest absolute Gasteiger partial charge is 0.309 e. The number of rotatable bonds is 5. The topological polar surface area (TPSA) is 14.8 Å². The first-order chi connectivity index (χ1) is 40.8. The molecule has 266 valence electrons. The van der Waals surface area contributed by atoms with Crippen molar-refractivity contribution in [3.05, 3.63) is 212 Å². The molecule has 0 spiro atoms. The first-order valence-electron chi connectivity index (χ1n) is 32.2. The number of para-hydroxylation sites is 4. The molecule has 0 radical (unpaired) electrons. The van der Waals surface area contributed by atoms with E-state index in [4.69, 9.17) is 28.8 Å². The lowest BCUT2D eigenvalue weighted by Gasteiger charge is -2.13. The SMILES string of the molecule is [2H]c1c([2H])c([2H])c(-c2c([2H])c([2H])c(-c3ccc(-n4c5c([2H])c([2H])c([2H])c([2H])c5c5c(-n6c7c([2H])cc(-n8c9c([2H])c([2H])c([2H])c([2H])c9c9c([2H])c([2H])c([2H])c([2H])c98)c([2H])c7c7c([2H])c([2H])c([2H])c([2H])c76)c([2H])c([2H])c([2H])c54)cc3)c([2H])c2[2H])c([2H])c1[2H]. The van der Waals surface area contributed by atoms with Crippen LogP contribution in [0.25, 0.3) is 105 Å². The maximum absolute atomic E-state index is 10.1. The van der Waals surface area contributed by atoms with Crippen LogP contribution in [0.15, 0.2) is 212 Å². The second kappa shape index (κ2) is 12.5. The Balaban J connectivity index is 1.20. The minimum absolute atomic E-state index is 0.00187. The maximum atomic E-state index is 10.1. The Kier molecular flexibility index (Phi) is 3.09. The van der Waals surface area contributed by atoms with E-state index in [0.29, 0.717) is 0 Å². The number of aromatic nitrogens is 3. The highest BCUT2D eigenvalue weighted by Gasteiger charge is 2.20. The molecule has 9 aromatic carbocycles. The summed E-state index contributed by atoms with van der Waals surface area (Å²) in [5.41, 5.74) is -5.34. The quantitative estimate of drug-likeness (QED) is 0.166. The lowest BCUT2D eigenvalue weighted by atomic mass is 10.0. The molecule has 0 bridgehead atoms. The maximum Gasteiger partial charge on any atom is 0.0652 e. The number of fused-ring (bicyclic) bond motifs is 9. The van der Waals surface area contributed by atoms with E-state index in [0.717, 1.165) is 19.8 Å². The minimum Gasteiger partial charge on any atom is -0.309 e. The highest BCUT2D eigenvalue weighted by atomic mass is 15.0. The molecule has 0 N–H and O–H groups in total. The van der Waals surface area contributed by atoms with E-state index in [1.54, 1.807) is 0 Å². The van der Waals surface area contributed by atoms with Gasteiger partial charge in [-0.3, -0.25) is 0 Å². The highest BCUT2D eigenvalue weighted by molar-refractivity contribution is 6.17. The predicted molar refractivity (Wildman–Crippen MR) is 240 cm³/mol. The van der Waals surface area contributed by atoms with Crippen molar-refractivity contribution in [3.63, 3.8) is 0 Å². The fraction of sp³-hybridized carbons (Fsp3) is 0. The Morgan fingerprint density at radius 1 is 0.281 bits per heavy atom. The molecule has 0 amide bonds. The van der Waals surface area contributed by atoms with Gasteiger partial charge in [-0.15, -0.1) is 0 Å². The molecule has 57 heavy (non-hydrogen) atoms. The Bertz CT molecular complexity index is 5140. The number of benzene rings is 9. The van der Waals surface area contributed by atoms with E-state index in [1.807, 2.05) is 0 Å². The van der Waals surface area contributed by atoms with E-state index in [2.05, 4.69) is 0 Å². The van der Waals surface area contributed by atoms with Gasteiger partial charge in [0.2, 0.25) is 0 Å². The molecule has 0 aliphatic rings. The smallest absolute Gasteiger partial charge is 0.0652 e. The first-order valence-corrected chi connectivity index (χ1v) is 17.2. The summed E-state index contributed by atoms with van der Waals surface area (Å²) in [6.45, 7) is 0. The Hall–Kier alpha value is -7.62. The number of nitrogens with zero attached hydrogens (tertiary/aromatic N) is 3. The summed E-state index contributed by atoms with van der Waals surface area (Å²) < 4.78 is 273. The molecule has 0 unspecified atom stereocenters. The van der Waals surface area contributed by atoms with Gasteiger partial charge in [0.05, 0.1) is 79.9 Å². The summed E-state index contributed by atoms with van der Waals surface area (Å²) in [7, 11) is 0. The summed E-state index contributed by atoms with van der Waals surface area (Å²) in [6, 6.07) is -17.2. The van der Waals surface area contributed by atoms with Crippen LogP contribution in [0.1, 0.15) is 41.1 Å². The number of hydrogen-bond donors (Lipinski definition) is 0. The van der Waals surface area contributed by atoms with Gasteiger partial charge in [-0.25, -0.2) is 0 Å². The van der Waals surface area contributed by atoms with Crippen LogP contribution in [0.3, 0.4) is 0 Å². The number of hydrogen-bond acceptors (Lipinski definition) is 0. The fourth-order valence-corrected chi connectivity index (χ4v) is 7.28. The Morgan fingerprint density at radius 2 is 0.737 bits per heavy atom. The summed E-state index contributed by atoms with van der Waals surface area (Å²) in [4.78, 5) is 0. The van der Waals surface area contributed by atoms with Crippen LogP contribution < -0.4 is 0 Å². The van der Waals surface area contributed by atoms with Gasteiger partial charge in [-0.2, -0.15) is 0 Å². The molecule has 0 atom stereocenters. The average molecular weight is 756 g/mol. The van der Waals surface area contributed by atoms with Crippen LogP contribution in [0, 0.1) is 0 Å². The Morgan fingerprint density at radius 3 is 1.39 bits per heavy atom. The van der Waals surface area contributed by atoms with Crippen molar-refractivity contribution in [3.8, 4) is 39.3 Å². The third-order valence-corrected chi connectivity index (χ3v) is 9.69. The molecule has 0 fully saturated rings. The molecule has 3 heteroatoms. The summed E-state index contributed by atoms with van der Waals surface area (Å²) in [5, 5.41) is -2.61. The summed E-state index contributed by atoms with van der Waals surface area (Å²) >= 11 is 0. The van der Waals surface area contributed by atoms with Crippen molar-refractivity contribution in [2.45, 2.75) is 0 Å². The monoisotopic (exact) mass is 755 g/mol. The van der Waals surface area contributed by atoms with Gasteiger partial charge in [0.15, 0.2) is 0 Å². The molecule has 0 saturated carbocycles. The van der Waals surface area contributed by atoms with E-state index in [9.17, 15) is 12.3 Å². The molecule has 12 aromatic rings. The zero-order chi connectivity index (χ0) is 63.6. The molecule has 12 rings (SSSR count). The van der Waals surface area contributed by atoms with Crippen LogP contribution >= 0.6 is 0 Å². The predicted octanol–water partition coefficient (Wildman–Crippen LogP) is 14.3. The average Bonchev–Trinajstić information content (AvgIpc) is 1.54. The third kappa shape index (κ3) is 4.79. The van der Waals surface area contributed by atoms with Crippen LogP contribution in [0.4, 0.5) is 0 Å². The van der Waals surface area contributed by atoms with Gasteiger partial charge in [0, 0.05) is 43.7 Å². The second-order valence-corrected chi connectivity index (χ2v) is 12.7. The zero-order valence-corrected chi connectivity index (χ0v) is 28.7. The van der Waals surface area contributed by atoms with Gasteiger partial charge < -0.3 is 13.7 Å². The van der Waals surface area contributed by atoms with Gasteiger partial charge in [0.25, 0.3) is 0 Å². The third-order valence-electron chi connectivity index (χ3n) is 9.69. The van der Waals surface area contributed by atoms with Gasteiger partial charge in [0.1, 0.15) is 0 Å². The zero-order valence-electron chi connectivity index (χ0n) is 58.7. The van der Waals surface area contributed by atoms with Crippen molar-refractivity contribution in [2.24, 2.45) is 0 Å². The van der Waals surface area contributed by atoms with Gasteiger partial charge in [-0.05, 0) is 88.8 Å². The molecule has 3 heterocycles. The second-order valence-electron chi connectivity index (χ2n) is 12.7. The van der Waals surface area contributed by atoms with Crippen molar-refractivity contribution < 1.29 is 41.1 Å². The summed E-state index contributed by atoms with van der Waals surface area (Å²) in [5.74, 6) is 0.